The Morgan fingerprint density at radius 3 is 1.26 bits per heavy atom. The molecule has 0 amide bonds. The fourth-order valence-electron chi connectivity index (χ4n) is 11.0. The number of para-hydroxylation sites is 3. The second-order valence-electron chi connectivity index (χ2n) is 17.1. The summed E-state index contributed by atoms with van der Waals surface area (Å²) in [6, 6.07) is 70.8. The van der Waals surface area contributed by atoms with Gasteiger partial charge in [0.25, 0.3) is 0 Å². The Hall–Kier alpha value is -8.72. The molecular formula is C64H39NO. The molecule has 0 unspecified atom stereocenters. The van der Waals surface area contributed by atoms with E-state index in [0.717, 1.165) is 98.5 Å². The van der Waals surface area contributed by atoms with Gasteiger partial charge in [-0.2, -0.15) is 0 Å². The summed E-state index contributed by atoms with van der Waals surface area (Å²) in [5.74, 6) is 0. The Morgan fingerprint density at radius 2 is 0.727 bits per heavy atom. The second kappa shape index (κ2) is 14.4. The molecule has 306 valence electrons. The predicted molar refractivity (Wildman–Crippen MR) is 280 cm³/mol. The van der Waals surface area contributed by atoms with Crippen molar-refractivity contribution in [2.75, 3.05) is 0 Å². The zero-order valence-electron chi connectivity index (χ0n) is 40.5. The fraction of sp³-hybridized carbons (Fsp3) is 0. The standard InChI is InChI=1S/C64H39NO/c1-2-18-40(19-3-1)59-45-22-4-8-26-49(45)61(50-27-9-5-23-46(50)59)53-30-17-35-58-63(53)55-32-16-31-54(64(55)66-58)62-51-28-10-6-24-47(51)60(48-25-7-11-29-52(48)62)41-36-38-42(39-37-41)65-56-33-14-12-20-43(56)44-21-13-15-34-57(44)65/h1-39H/i1D,2D,3D,18D,19D. The summed E-state index contributed by atoms with van der Waals surface area (Å²) in [6.07, 6.45) is 0. The van der Waals surface area contributed by atoms with Gasteiger partial charge in [0.15, 0.2) is 0 Å². The third-order valence-electron chi connectivity index (χ3n) is 13.7. The predicted octanol–water partition coefficient (Wildman–Crippen LogP) is 18.0. The van der Waals surface area contributed by atoms with E-state index < -0.39 is 6.04 Å². The maximum absolute atomic E-state index is 9.06. The van der Waals surface area contributed by atoms with Crippen LogP contribution in [-0.2, 0) is 0 Å². The molecule has 2 heteroatoms. The van der Waals surface area contributed by atoms with Gasteiger partial charge in [-0.25, -0.2) is 0 Å². The van der Waals surface area contributed by atoms with E-state index in [1.807, 2.05) is 48.5 Å². The van der Waals surface area contributed by atoms with Crippen molar-refractivity contribution >= 4 is 86.8 Å². The maximum atomic E-state index is 9.06. The first-order valence-corrected chi connectivity index (χ1v) is 22.4. The lowest BCUT2D eigenvalue weighted by Gasteiger charge is -2.18. The molecule has 0 aliphatic carbocycles. The highest BCUT2D eigenvalue weighted by Crippen LogP contribution is 2.50. The lowest BCUT2D eigenvalue weighted by Crippen LogP contribution is -1.94. The highest BCUT2D eigenvalue weighted by molar-refractivity contribution is 6.28. The van der Waals surface area contributed by atoms with Gasteiger partial charge < -0.3 is 8.98 Å². The van der Waals surface area contributed by atoms with Crippen LogP contribution >= 0.6 is 0 Å². The highest BCUT2D eigenvalue weighted by Gasteiger charge is 2.24. The maximum Gasteiger partial charge on any atom is 0.143 e. The van der Waals surface area contributed by atoms with E-state index in [9.17, 15) is 0 Å². The zero-order chi connectivity index (χ0) is 47.6. The van der Waals surface area contributed by atoms with E-state index in [0.29, 0.717) is 5.56 Å². The lowest BCUT2D eigenvalue weighted by molar-refractivity contribution is 0.670. The highest BCUT2D eigenvalue weighted by atomic mass is 16.3. The lowest BCUT2D eigenvalue weighted by atomic mass is 9.84. The van der Waals surface area contributed by atoms with Crippen LogP contribution in [0, 0.1) is 0 Å². The molecule has 0 aliphatic rings. The molecule has 0 N–H and O–H groups in total. The van der Waals surface area contributed by atoms with Crippen LogP contribution in [0.1, 0.15) is 6.85 Å². The molecule has 0 spiro atoms. The summed E-state index contributed by atoms with van der Waals surface area (Å²) in [5.41, 5.74) is 12.2. The van der Waals surface area contributed by atoms with Crippen LogP contribution in [-0.4, -0.2) is 4.57 Å². The Balaban J connectivity index is 0.986. The number of furan rings is 1. The molecule has 66 heavy (non-hydrogen) atoms. The molecule has 0 saturated carbocycles. The minimum Gasteiger partial charge on any atom is -0.455 e. The molecule has 0 aliphatic heterocycles. The number of hydrogen-bond donors (Lipinski definition) is 0. The van der Waals surface area contributed by atoms with Crippen molar-refractivity contribution in [3.05, 3.63) is 236 Å². The van der Waals surface area contributed by atoms with Gasteiger partial charge in [-0.1, -0.05) is 206 Å². The van der Waals surface area contributed by atoms with Gasteiger partial charge in [0, 0.05) is 38.4 Å². The van der Waals surface area contributed by atoms with Gasteiger partial charge in [-0.05, 0) is 107 Å². The Kier molecular flexibility index (Phi) is 6.99. The zero-order valence-corrected chi connectivity index (χ0v) is 35.5. The van der Waals surface area contributed by atoms with E-state index in [-0.39, 0.29) is 29.7 Å². The second-order valence-corrected chi connectivity index (χ2v) is 17.1. The van der Waals surface area contributed by atoms with Gasteiger partial charge >= 0.3 is 0 Å². The Bertz CT molecular complexity index is 4390. The molecule has 0 saturated heterocycles. The first-order valence-electron chi connectivity index (χ1n) is 24.9. The molecule has 0 atom stereocenters. The van der Waals surface area contributed by atoms with Gasteiger partial charge in [0.1, 0.15) is 11.2 Å². The Morgan fingerprint density at radius 1 is 0.318 bits per heavy atom. The van der Waals surface area contributed by atoms with Crippen LogP contribution in [0.4, 0.5) is 0 Å². The molecule has 12 aromatic carbocycles. The number of aromatic nitrogens is 1. The molecule has 2 nitrogen and oxygen atoms in total. The quantitative estimate of drug-likeness (QED) is 0.158. The number of rotatable bonds is 5. The van der Waals surface area contributed by atoms with E-state index in [1.165, 1.54) is 27.4 Å². The van der Waals surface area contributed by atoms with Crippen molar-refractivity contribution in [1.82, 2.24) is 4.57 Å². The smallest absolute Gasteiger partial charge is 0.143 e. The molecule has 2 aromatic heterocycles. The van der Waals surface area contributed by atoms with Crippen molar-refractivity contribution in [3.8, 4) is 50.2 Å². The van der Waals surface area contributed by atoms with Gasteiger partial charge in [-0.15, -0.1) is 0 Å². The van der Waals surface area contributed by atoms with Crippen LogP contribution in [0.25, 0.3) is 137 Å². The van der Waals surface area contributed by atoms with Crippen LogP contribution in [0.3, 0.4) is 0 Å². The fourth-order valence-corrected chi connectivity index (χ4v) is 11.0. The van der Waals surface area contributed by atoms with Crippen LogP contribution in [0.2, 0.25) is 0 Å². The number of fused-ring (bicyclic) bond motifs is 10. The van der Waals surface area contributed by atoms with Gasteiger partial charge in [-0.3, -0.25) is 0 Å². The summed E-state index contributed by atoms with van der Waals surface area (Å²) in [5, 5.41) is 12.4. The minimum absolute atomic E-state index is 0.188. The molecular weight excluding hydrogens is 799 g/mol. The first-order chi connectivity index (χ1) is 34.9. The first kappa shape index (κ1) is 32.0. The van der Waals surface area contributed by atoms with Crippen LogP contribution in [0.5, 0.6) is 0 Å². The summed E-state index contributed by atoms with van der Waals surface area (Å²) >= 11 is 0. The van der Waals surface area contributed by atoms with E-state index in [2.05, 4.69) is 162 Å². The average molecular weight is 843 g/mol. The third-order valence-corrected chi connectivity index (χ3v) is 13.7. The molecule has 14 aromatic rings. The van der Waals surface area contributed by atoms with E-state index in [1.54, 1.807) is 0 Å². The SMILES string of the molecule is [2H]c1c([2H])c([2H])c(-c2c3ccccc3c(-c3cccc4oc5c(-c6c7ccccc7c(-c7ccc(-n8c9ccccc9c9ccccc98)cc7)c7ccccc67)cccc5c34)c3ccccc23)c([2H])c1[2H]. The van der Waals surface area contributed by atoms with Crippen LogP contribution in [0.15, 0.2) is 241 Å². The van der Waals surface area contributed by atoms with Crippen molar-refractivity contribution in [2.45, 2.75) is 0 Å². The summed E-state index contributed by atoms with van der Waals surface area (Å²) in [4.78, 5) is 0. The Labute approximate surface area is 387 Å². The summed E-state index contributed by atoms with van der Waals surface area (Å²) in [6.45, 7) is 0. The largest absolute Gasteiger partial charge is 0.455 e. The van der Waals surface area contributed by atoms with Crippen molar-refractivity contribution in [2.24, 2.45) is 0 Å². The van der Waals surface area contributed by atoms with Gasteiger partial charge in [0.2, 0.25) is 0 Å². The molecule has 2 heterocycles. The molecule has 0 radical (unpaired) electrons. The van der Waals surface area contributed by atoms with E-state index in [4.69, 9.17) is 11.3 Å². The minimum atomic E-state index is -0.412. The molecule has 0 fully saturated rings. The number of nitrogens with zero attached hydrogens (tertiary/aromatic N) is 1. The number of hydrogen-bond acceptors (Lipinski definition) is 1. The average Bonchev–Trinajstić information content (AvgIpc) is 3.98. The van der Waals surface area contributed by atoms with Crippen molar-refractivity contribution in [1.29, 1.82) is 0 Å². The normalized spacial score (nSPS) is 13.0. The van der Waals surface area contributed by atoms with Crippen LogP contribution < -0.4 is 0 Å². The summed E-state index contributed by atoms with van der Waals surface area (Å²) in [7, 11) is 0. The third kappa shape index (κ3) is 5.30. The van der Waals surface area contributed by atoms with Gasteiger partial charge in [0.05, 0.1) is 17.9 Å². The van der Waals surface area contributed by atoms with Crippen molar-refractivity contribution < 1.29 is 11.3 Å². The number of benzene rings is 12. The van der Waals surface area contributed by atoms with E-state index >= 15 is 0 Å². The van der Waals surface area contributed by atoms with Crippen molar-refractivity contribution in [3.63, 3.8) is 0 Å². The molecule has 14 rings (SSSR count). The topological polar surface area (TPSA) is 18.1 Å². The summed E-state index contributed by atoms with van der Waals surface area (Å²) < 4.78 is 53.1. The molecule has 0 bridgehead atoms. The monoisotopic (exact) mass is 842 g/mol.